The van der Waals surface area contributed by atoms with Gasteiger partial charge < -0.3 is 14.4 Å². The minimum absolute atomic E-state index is 0.270. The highest BCUT2D eigenvalue weighted by molar-refractivity contribution is 6.31. The van der Waals surface area contributed by atoms with Crippen molar-refractivity contribution < 1.29 is 19.1 Å². The van der Waals surface area contributed by atoms with E-state index in [4.69, 9.17) is 21.1 Å². The van der Waals surface area contributed by atoms with Crippen LogP contribution in [0.5, 0.6) is 0 Å². The van der Waals surface area contributed by atoms with Crippen molar-refractivity contribution in [1.82, 2.24) is 4.90 Å². The molecule has 0 unspecified atom stereocenters. The fourth-order valence-electron chi connectivity index (χ4n) is 4.54. The van der Waals surface area contributed by atoms with Crippen molar-refractivity contribution in [2.75, 3.05) is 31.1 Å². The summed E-state index contributed by atoms with van der Waals surface area (Å²) in [6.45, 7) is 7.80. The summed E-state index contributed by atoms with van der Waals surface area (Å²) >= 11 is 6.21. The van der Waals surface area contributed by atoms with Crippen LogP contribution in [0, 0.1) is 0 Å². The van der Waals surface area contributed by atoms with E-state index < -0.39 is 5.60 Å². The van der Waals surface area contributed by atoms with Gasteiger partial charge in [0, 0.05) is 31.1 Å². The van der Waals surface area contributed by atoms with Crippen LogP contribution in [0.15, 0.2) is 36.4 Å². The van der Waals surface area contributed by atoms with Crippen molar-refractivity contribution in [2.45, 2.75) is 58.5 Å². The van der Waals surface area contributed by atoms with Gasteiger partial charge in [-0.2, -0.15) is 0 Å². The van der Waals surface area contributed by atoms with Crippen LogP contribution in [-0.4, -0.2) is 48.9 Å². The smallest absolute Gasteiger partial charge is 0.414 e. The highest BCUT2D eigenvalue weighted by Gasteiger charge is 2.28. The SMILES string of the molecule is CC(C)(C)OC(=O)N1CCc2cc3c(cc2CC1)N(C(=O)OCCc1ccccc1Cl)CCC3. The van der Waals surface area contributed by atoms with E-state index in [-0.39, 0.29) is 18.8 Å². The van der Waals surface area contributed by atoms with Crippen LogP contribution in [0.1, 0.15) is 49.4 Å². The summed E-state index contributed by atoms with van der Waals surface area (Å²) < 4.78 is 11.2. The van der Waals surface area contributed by atoms with E-state index in [1.54, 1.807) is 9.80 Å². The highest BCUT2D eigenvalue weighted by Crippen LogP contribution is 2.32. The molecule has 0 saturated heterocycles. The van der Waals surface area contributed by atoms with Crippen LogP contribution in [0.3, 0.4) is 0 Å². The number of halogens is 1. The molecule has 4 rings (SSSR count). The molecule has 2 aliphatic heterocycles. The van der Waals surface area contributed by atoms with Gasteiger partial charge in [0.15, 0.2) is 0 Å². The molecule has 2 aromatic carbocycles. The molecule has 0 radical (unpaired) electrons. The van der Waals surface area contributed by atoms with Gasteiger partial charge in [-0.05, 0) is 80.8 Å². The van der Waals surface area contributed by atoms with Crippen LogP contribution in [-0.2, 0) is 35.2 Å². The van der Waals surface area contributed by atoms with Gasteiger partial charge in [0.25, 0.3) is 0 Å². The Kier molecular flexibility index (Phi) is 7.36. The van der Waals surface area contributed by atoms with Crippen LogP contribution in [0.2, 0.25) is 5.02 Å². The molecular formula is C27H33ClN2O4. The van der Waals surface area contributed by atoms with Gasteiger partial charge in [0.1, 0.15) is 5.60 Å². The molecule has 7 heteroatoms. The number of hydrogen-bond donors (Lipinski definition) is 0. The predicted octanol–water partition coefficient (Wildman–Crippen LogP) is 5.81. The van der Waals surface area contributed by atoms with Crippen molar-refractivity contribution in [1.29, 1.82) is 0 Å². The average Bonchev–Trinajstić information content (AvgIpc) is 2.99. The number of carbonyl (C=O) groups is 2. The van der Waals surface area contributed by atoms with E-state index in [0.717, 1.165) is 36.9 Å². The van der Waals surface area contributed by atoms with Crippen LogP contribution in [0.4, 0.5) is 15.3 Å². The Bertz CT molecular complexity index is 1060. The summed E-state index contributed by atoms with van der Waals surface area (Å²) in [6, 6.07) is 11.9. The van der Waals surface area contributed by atoms with E-state index in [1.165, 1.54) is 16.7 Å². The Morgan fingerprint density at radius 2 is 1.65 bits per heavy atom. The minimum atomic E-state index is -0.512. The van der Waals surface area contributed by atoms with Crippen LogP contribution < -0.4 is 4.90 Å². The number of amides is 2. The number of carbonyl (C=O) groups excluding carboxylic acids is 2. The van der Waals surface area contributed by atoms with Crippen molar-refractivity contribution >= 4 is 29.5 Å². The molecule has 2 amide bonds. The normalized spacial score (nSPS) is 15.8. The molecule has 0 spiro atoms. The molecule has 0 fully saturated rings. The first-order chi connectivity index (χ1) is 16.2. The van der Waals surface area contributed by atoms with E-state index in [0.29, 0.717) is 31.1 Å². The average molecular weight is 485 g/mol. The minimum Gasteiger partial charge on any atom is -0.449 e. The van der Waals surface area contributed by atoms with Crippen LogP contribution >= 0.6 is 11.6 Å². The summed E-state index contributed by atoms with van der Waals surface area (Å²) in [5, 5.41) is 0.685. The van der Waals surface area contributed by atoms with Crippen LogP contribution in [0.25, 0.3) is 0 Å². The third kappa shape index (κ3) is 5.84. The number of anilines is 1. The molecule has 0 saturated carbocycles. The maximum Gasteiger partial charge on any atom is 0.414 e. The molecule has 2 heterocycles. The highest BCUT2D eigenvalue weighted by atomic mass is 35.5. The van der Waals surface area contributed by atoms with E-state index >= 15 is 0 Å². The van der Waals surface area contributed by atoms with Gasteiger partial charge in [-0.15, -0.1) is 0 Å². The van der Waals surface area contributed by atoms with Crippen molar-refractivity contribution in [2.24, 2.45) is 0 Å². The van der Waals surface area contributed by atoms with E-state index in [1.807, 2.05) is 45.0 Å². The van der Waals surface area contributed by atoms with E-state index in [9.17, 15) is 9.59 Å². The predicted molar refractivity (Wildman–Crippen MR) is 134 cm³/mol. The zero-order valence-corrected chi connectivity index (χ0v) is 21.0. The number of fused-ring (bicyclic) bond motifs is 2. The molecule has 182 valence electrons. The molecule has 2 aliphatic rings. The third-order valence-electron chi connectivity index (χ3n) is 6.25. The number of hydrogen-bond acceptors (Lipinski definition) is 4. The Balaban J connectivity index is 1.43. The zero-order valence-electron chi connectivity index (χ0n) is 20.2. The summed E-state index contributed by atoms with van der Waals surface area (Å²) in [7, 11) is 0. The molecule has 0 N–H and O–H groups in total. The molecule has 0 atom stereocenters. The number of nitrogens with zero attached hydrogens (tertiary/aromatic N) is 2. The van der Waals surface area contributed by atoms with Crippen molar-refractivity contribution in [3.05, 3.63) is 63.7 Å². The molecule has 2 aromatic rings. The van der Waals surface area contributed by atoms with Gasteiger partial charge in [0.2, 0.25) is 0 Å². The standard InChI is InChI=1S/C27H33ClN2O4/c1-27(2,3)34-25(31)29-14-10-20-17-22-8-6-13-30(24(22)18-21(20)11-15-29)26(32)33-16-12-19-7-4-5-9-23(19)28/h4-5,7,9,17-18H,6,8,10-16H2,1-3H3. The molecule has 6 nitrogen and oxygen atoms in total. The monoisotopic (exact) mass is 484 g/mol. The summed E-state index contributed by atoms with van der Waals surface area (Å²) in [5.41, 5.74) is 4.98. The lowest BCUT2D eigenvalue weighted by Gasteiger charge is -2.30. The lowest BCUT2D eigenvalue weighted by molar-refractivity contribution is 0.0258. The number of rotatable bonds is 3. The van der Waals surface area contributed by atoms with Gasteiger partial charge in [-0.3, -0.25) is 4.90 Å². The zero-order chi connectivity index (χ0) is 24.3. The van der Waals surface area contributed by atoms with Gasteiger partial charge in [-0.1, -0.05) is 35.9 Å². The molecule has 0 aromatic heterocycles. The van der Waals surface area contributed by atoms with Gasteiger partial charge >= 0.3 is 12.2 Å². The first-order valence-electron chi connectivity index (χ1n) is 12.0. The van der Waals surface area contributed by atoms with Gasteiger partial charge in [-0.25, -0.2) is 9.59 Å². The Labute approximate surface area is 206 Å². The van der Waals surface area contributed by atoms with Crippen molar-refractivity contribution in [3.8, 4) is 0 Å². The van der Waals surface area contributed by atoms with E-state index in [2.05, 4.69) is 12.1 Å². The fourth-order valence-corrected chi connectivity index (χ4v) is 4.77. The second-order valence-electron chi connectivity index (χ2n) is 9.93. The quantitative estimate of drug-likeness (QED) is 0.551. The summed E-state index contributed by atoms with van der Waals surface area (Å²) in [5.74, 6) is 0. The maximum absolute atomic E-state index is 12.9. The Morgan fingerprint density at radius 3 is 2.35 bits per heavy atom. The first-order valence-corrected chi connectivity index (χ1v) is 12.4. The Hall–Kier alpha value is -2.73. The molecule has 0 aliphatic carbocycles. The largest absolute Gasteiger partial charge is 0.449 e. The molecule has 34 heavy (non-hydrogen) atoms. The Morgan fingerprint density at radius 1 is 0.941 bits per heavy atom. The number of benzene rings is 2. The second-order valence-corrected chi connectivity index (χ2v) is 10.3. The first kappa shape index (κ1) is 24.4. The fraction of sp³-hybridized carbons (Fsp3) is 0.481. The maximum atomic E-state index is 12.9. The third-order valence-corrected chi connectivity index (χ3v) is 6.62. The molecule has 0 bridgehead atoms. The number of ether oxygens (including phenoxy) is 2. The lowest BCUT2D eigenvalue weighted by atomic mass is 9.93. The van der Waals surface area contributed by atoms with Crippen molar-refractivity contribution in [3.63, 3.8) is 0 Å². The summed E-state index contributed by atoms with van der Waals surface area (Å²) in [4.78, 5) is 29.0. The molecular weight excluding hydrogens is 452 g/mol. The topological polar surface area (TPSA) is 59.1 Å². The van der Waals surface area contributed by atoms with Gasteiger partial charge in [0.05, 0.1) is 12.3 Å². The lowest BCUT2D eigenvalue weighted by Crippen LogP contribution is -2.38. The number of aryl methyl sites for hydroxylation is 1. The second kappa shape index (κ2) is 10.3. The summed E-state index contributed by atoms with van der Waals surface area (Å²) in [6.07, 6.45) is 3.33.